The first-order valence-corrected chi connectivity index (χ1v) is 8.28. The van der Waals surface area contributed by atoms with Crippen LogP contribution in [0.15, 0.2) is 48.5 Å². The first-order chi connectivity index (χ1) is 12.1. The van der Waals surface area contributed by atoms with Gasteiger partial charge < -0.3 is 14.8 Å². The molecular weight excluding hydrogens is 318 g/mol. The van der Waals surface area contributed by atoms with E-state index in [0.29, 0.717) is 24.3 Å². The molecule has 0 radical (unpaired) electrons. The van der Waals surface area contributed by atoms with Crippen molar-refractivity contribution in [2.45, 2.75) is 19.8 Å². The second-order valence-electron chi connectivity index (χ2n) is 5.54. The number of hydrogen-bond acceptors (Lipinski definition) is 4. The minimum atomic E-state index is -0.178. The smallest absolute Gasteiger partial charge is 0.257 e. The number of hydrogen-bond donors (Lipinski definition) is 1. The summed E-state index contributed by atoms with van der Waals surface area (Å²) in [5.41, 5.74) is 1.77. The van der Waals surface area contributed by atoms with Crippen LogP contribution >= 0.6 is 0 Å². The molecule has 0 fully saturated rings. The van der Waals surface area contributed by atoms with Gasteiger partial charge in [0, 0.05) is 18.5 Å². The van der Waals surface area contributed by atoms with Crippen molar-refractivity contribution >= 4 is 11.7 Å². The quantitative estimate of drug-likeness (QED) is 0.712. The fourth-order valence-corrected chi connectivity index (χ4v) is 2.28. The van der Waals surface area contributed by atoms with E-state index in [9.17, 15) is 9.59 Å². The summed E-state index contributed by atoms with van der Waals surface area (Å²) >= 11 is 0. The number of Topliss-reactive ketones (excluding diaryl/α,β-unsaturated/α-hetero) is 1. The van der Waals surface area contributed by atoms with E-state index in [1.54, 1.807) is 31.4 Å². The van der Waals surface area contributed by atoms with Crippen molar-refractivity contribution < 1.29 is 19.1 Å². The van der Waals surface area contributed by atoms with Crippen LogP contribution in [0.2, 0.25) is 0 Å². The second-order valence-corrected chi connectivity index (χ2v) is 5.54. The number of ether oxygens (including phenoxy) is 2. The zero-order valence-electron chi connectivity index (χ0n) is 14.6. The summed E-state index contributed by atoms with van der Waals surface area (Å²) in [7, 11) is 1.63. The molecule has 0 aliphatic heterocycles. The van der Waals surface area contributed by atoms with Gasteiger partial charge >= 0.3 is 0 Å². The Labute approximate surface area is 148 Å². The lowest BCUT2D eigenvalue weighted by Crippen LogP contribution is -2.30. The van der Waals surface area contributed by atoms with Gasteiger partial charge in [0.15, 0.2) is 12.4 Å². The van der Waals surface area contributed by atoms with Crippen molar-refractivity contribution in [2.24, 2.45) is 0 Å². The molecule has 0 aliphatic rings. The molecule has 5 nitrogen and oxygen atoms in total. The normalized spacial score (nSPS) is 10.2. The van der Waals surface area contributed by atoms with Gasteiger partial charge in [-0.1, -0.05) is 19.1 Å². The van der Waals surface area contributed by atoms with Gasteiger partial charge in [-0.15, -0.1) is 0 Å². The Morgan fingerprint density at radius 2 is 1.60 bits per heavy atom. The largest absolute Gasteiger partial charge is 0.497 e. The number of carbonyl (C=O) groups is 2. The van der Waals surface area contributed by atoms with Crippen LogP contribution in [0.1, 0.15) is 29.3 Å². The number of amides is 1. The van der Waals surface area contributed by atoms with Gasteiger partial charge in [0.25, 0.3) is 5.91 Å². The minimum absolute atomic E-state index is 0.0519. The highest BCUT2D eigenvalue weighted by atomic mass is 16.5. The number of nitrogens with one attached hydrogen (secondary N) is 1. The second kappa shape index (κ2) is 9.47. The Bertz CT molecular complexity index is 693. The number of rotatable bonds is 9. The van der Waals surface area contributed by atoms with Crippen molar-refractivity contribution in [1.82, 2.24) is 5.32 Å². The van der Waals surface area contributed by atoms with Gasteiger partial charge in [-0.25, -0.2) is 0 Å². The zero-order chi connectivity index (χ0) is 18.1. The van der Waals surface area contributed by atoms with Crippen LogP contribution in [0, 0.1) is 0 Å². The van der Waals surface area contributed by atoms with Crippen LogP contribution in [0.4, 0.5) is 0 Å². The van der Waals surface area contributed by atoms with Crippen LogP contribution in [0.3, 0.4) is 0 Å². The fraction of sp³-hybridized carbons (Fsp3) is 0.300. The molecule has 2 aromatic rings. The molecule has 1 N–H and O–H groups in total. The van der Waals surface area contributed by atoms with E-state index in [1.165, 1.54) is 0 Å². The number of carbonyl (C=O) groups excluding carboxylic acids is 2. The maximum Gasteiger partial charge on any atom is 0.257 e. The van der Waals surface area contributed by atoms with E-state index < -0.39 is 0 Å². The van der Waals surface area contributed by atoms with E-state index in [1.807, 2.05) is 31.2 Å². The maximum absolute atomic E-state index is 11.8. The molecule has 0 spiro atoms. The molecule has 2 aromatic carbocycles. The SMILES string of the molecule is CCC(=O)c1ccc(OCC(=O)NCCc2ccc(OC)cc2)cc1. The third-order valence-corrected chi connectivity index (χ3v) is 3.76. The number of methoxy groups -OCH3 is 1. The summed E-state index contributed by atoms with van der Waals surface area (Å²) in [6.07, 6.45) is 1.21. The maximum atomic E-state index is 11.8. The minimum Gasteiger partial charge on any atom is -0.497 e. The van der Waals surface area contributed by atoms with E-state index in [-0.39, 0.29) is 18.3 Å². The summed E-state index contributed by atoms with van der Waals surface area (Å²) in [4.78, 5) is 23.4. The highest BCUT2D eigenvalue weighted by molar-refractivity contribution is 5.95. The molecule has 0 unspecified atom stereocenters. The lowest BCUT2D eigenvalue weighted by atomic mass is 10.1. The molecule has 0 atom stereocenters. The zero-order valence-corrected chi connectivity index (χ0v) is 14.6. The van der Waals surface area contributed by atoms with Crippen molar-refractivity contribution in [3.63, 3.8) is 0 Å². The van der Waals surface area contributed by atoms with Gasteiger partial charge in [-0.05, 0) is 48.4 Å². The Hall–Kier alpha value is -2.82. The number of benzene rings is 2. The Balaban J connectivity index is 1.70. The first kappa shape index (κ1) is 18.5. The van der Waals surface area contributed by atoms with Gasteiger partial charge in [0.2, 0.25) is 0 Å². The van der Waals surface area contributed by atoms with Crippen LogP contribution in [-0.4, -0.2) is 32.0 Å². The van der Waals surface area contributed by atoms with E-state index in [0.717, 1.165) is 17.7 Å². The highest BCUT2D eigenvalue weighted by Crippen LogP contribution is 2.13. The molecule has 0 aromatic heterocycles. The fourth-order valence-electron chi connectivity index (χ4n) is 2.28. The average Bonchev–Trinajstić information content (AvgIpc) is 2.66. The standard InChI is InChI=1S/C20H23NO4/c1-3-19(22)16-6-10-18(11-7-16)25-14-20(23)21-13-12-15-4-8-17(24-2)9-5-15/h4-11H,3,12-14H2,1-2H3,(H,21,23). The van der Waals surface area contributed by atoms with E-state index in [4.69, 9.17) is 9.47 Å². The summed E-state index contributed by atoms with van der Waals surface area (Å²) in [6, 6.07) is 14.6. The Morgan fingerprint density at radius 1 is 0.960 bits per heavy atom. The molecule has 0 aliphatic carbocycles. The third-order valence-electron chi connectivity index (χ3n) is 3.76. The van der Waals surface area contributed by atoms with Crippen LogP contribution in [0.5, 0.6) is 11.5 Å². The predicted molar refractivity (Wildman–Crippen MR) is 96.3 cm³/mol. The average molecular weight is 341 g/mol. The van der Waals surface area contributed by atoms with Crippen LogP contribution < -0.4 is 14.8 Å². The number of ketones is 1. The summed E-state index contributed by atoms with van der Waals surface area (Å²) in [6.45, 7) is 2.31. The lowest BCUT2D eigenvalue weighted by molar-refractivity contribution is -0.123. The molecule has 25 heavy (non-hydrogen) atoms. The van der Waals surface area contributed by atoms with Crippen molar-refractivity contribution in [2.75, 3.05) is 20.3 Å². The topological polar surface area (TPSA) is 64.6 Å². The molecule has 0 bridgehead atoms. The lowest BCUT2D eigenvalue weighted by Gasteiger charge is -2.08. The van der Waals surface area contributed by atoms with E-state index >= 15 is 0 Å². The summed E-state index contributed by atoms with van der Waals surface area (Å²) in [5.74, 6) is 1.29. The van der Waals surface area contributed by atoms with Crippen molar-refractivity contribution in [3.8, 4) is 11.5 Å². The van der Waals surface area contributed by atoms with Gasteiger partial charge in [0.05, 0.1) is 7.11 Å². The molecule has 2 rings (SSSR count). The van der Waals surface area contributed by atoms with Crippen molar-refractivity contribution in [3.05, 3.63) is 59.7 Å². The summed E-state index contributed by atoms with van der Waals surface area (Å²) < 4.78 is 10.5. The van der Waals surface area contributed by atoms with E-state index in [2.05, 4.69) is 5.32 Å². The Morgan fingerprint density at radius 3 is 2.20 bits per heavy atom. The molecular formula is C20H23NO4. The van der Waals surface area contributed by atoms with Gasteiger partial charge in [-0.3, -0.25) is 9.59 Å². The molecule has 0 saturated heterocycles. The predicted octanol–water partition coefficient (Wildman–Crippen LogP) is 3.03. The van der Waals surface area contributed by atoms with Gasteiger partial charge in [0.1, 0.15) is 11.5 Å². The molecule has 1 amide bonds. The summed E-state index contributed by atoms with van der Waals surface area (Å²) in [5, 5.41) is 2.82. The monoisotopic (exact) mass is 341 g/mol. The molecule has 0 heterocycles. The van der Waals surface area contributed by atoms with Crippen LogP contribution in [0.25, 0.3) is 0 Å². The van der Waals surface area contributed by atoms with Crippen LogP contribution in [-0.2, 0) is 11.2 Å². The third kappa shape index (κ3) is 5.95. The highest BCUT2D eigenvalue weighted by Gasteiger charge is 2.05. The Kier molecular flexibility index (Phi) is 7.01. The molecule has 132 valence electrons. The molecule has 0 saturated carbocycles. The first-order valence-electron chi connectivity index (χ1n) is 8.28. The van der Waals surface area contributed by atoms with Crippen molar-refractivity contribution in [1.29, 1.82) is 0 Å². The van der Waals surface area contributed by atoms with Gasteiger partial charge in [-0.2, -0.15) is 0 Å². The molecule has 5 heteroatoms.